The molecule has 2 aromatic carbocycles. The first-order chi connectivity index (χ1) is 11.7. The fourth-order valence-corrected chi connectivity index (χ4v) is 3.46. The quantitative estimate of drug-likeness (QED) is 0.810. The first-order valence-electron chi connectivity index (χ1n) is 8.19. The maximum Gasteiger partial charge on any atom is 0.315 e. The van der Waals surface area contributed by atoms with Crippen molar-refractivity contribution in [3.63, 3.8) is 0 Å². The van der Waals surface area contributed by atoms with Gasteiger partial charge in [-0.1, -0.05) is 42.5 Å². The molecule has 0 saturated carbocycles. The molecule has 124 valence electrons. The summed E-state index contributed by atoms with van der Waals surface area (Å²) in [6.45, 7) is 1.76. The van der Waals surface area contributed by atoms with Gasteiger partial charge in [0.05, 0.1) is 25.4 Å². The van der Waals surface area contributed by atoms with Crippen LogP contribution in [0.15, 0.2) is 42.5 Å². The van der Waals surface area contributed by atoms with E-state index in [0.29, 0.717) is 26.2 Å². The minimum Gasteiger partial charge on any atom is -0.390 e. The van der Waals surface area contributed by atoms with Crippen LogP contribution >= 0.6 is 0 Å². The minimum absolute atomic E-state index is 0.271. The van der Waals surface area contributed by atoms with Gasteiger partial charge in [-0.3, -0.25) is 0 Å². The summed E-state index contributed by atoms with van der Waals surface area (Å²) in [5, 5.41) is 15.9. The highest BCUT2D eigenvalue weighted by atomic mass is 16.5. The van der Waals surface area contributed by atoms with Gasteiger partial charge in [0.2, 0.25) is 0 Å². The van der Waals surface area contributed by atoms with Crippen LogP contribution in [0.4, 0.5) is 4.79 Å². The predicted molar refractivity (Wildman–Crippen MR) is 89.2 cm³/mol. The van der Waals surface area contributed by atoms with Crippen molar-refractivity contribution in [1.29, 1.82) is 0 Å². The summed E-state index contributed by atoms with van der Waals surface area (Å²) in [5.74, 6) is 0. The molecule has 5 nitrogen and oxygen atoms in total. The molecule has 4 rings (SSSR count). The number of carbonyl (C=O) groups is 1. The van der Waals surface area contributed by atoms with Gasteiger partial charge < -0.3 is 20.5 Å². The first-order valence-corrected chi connectivity index (χ1v) is 8.19. The monoisotopic (exact) mass is 324 g/mol. The molecule has 0 radical (unpaired) electrons. The Labute approximate surface area is 140 Å². The third kappa shape index (κ3) is 2.88. The van der Waals surface area contributed by atoms with Crippen molar-refractivity contribution in [2.75, 3.05) is 0 Å². The molecular weight excluding hydrogens is 304 g/mol. The van der Waals surface area contributed by atoms with Gasteiger partial charge in [0.1, 0.15) is 0 Å². The van der Waals surface area contributed by atoms with Crippen molar-refractivity contribution in [2.45, 2.75) is 38.3 Å². The van der Waals surface area contributed by atoms with E-state index in [0.717, 1.165) is 16.7 Å². The molecule has 0 spiro atoms. The molecule has 1 aliphatic carbocycles. The van der Waals surface area contributed by atoms with E-state index >= 15 is 0 Å². The Morgan fingerprint density at radius 3 is 2.88 bits per heavy atom. The molecule has 24 heavy (non-hydrogen) atoms. The molecule has 2 aliphatic rings. The van der Waals surface area contributed by atoms with Gasteiger partial charge in [-0.25, -0.2) is 4.79 Å². The lowest BCUT2D eigenvalue weighted by molar-refractivity contribution is 0.134. The number of fused-ring (bicyclic) bond motifs is 2. The lowest BCUT2D eigenvalue weighted by atomic mass is 10.1. The van der Waals surface area contributed by atoms with E-state index in [-0.39, 0.29) is 12.1 Å². The number of aliphatic hydroxyl groups is 1. The van der Waals surface area contributed by atoms with Crippen LogP contribution in [-0.4, -0.2) is 17.2 Å². The summed E-state index contributed by atoms with van der Waals surface area (Å²) in [4.78, 5) is 12.2. The van der Waals surface area contributed by atoms with Gasteiger partial charge in [-0.2, -0.15) is 0 Å². The number of urea groups is 1. The number of benzene rings is 2. The largest absolute Gasteiger partial charge is 0.390 e. The van der Waals surface area contributed by atoms with Crippen LogP contribution in [0, 0.1) is 0 Å². The van der Waals surface area contributed by atoms with Crippen LogP contribution in [0.5, 0.6) is 0 Å². The summed E-state index contributed by atoms with van der Waals surface area (Å²) >= 11 is 0. The van der Waals surface area contributed by atoms with Gasteiger partial charge in [-0.05, 0) is 27.8 Å². The molecule has 2 atom stereocenters. The van der Waals surface area contributed by atoms with Crippen LogP contribution in [0.25, 0.3) is 0 Å². The van der Waals surface area contributed by atoms with Gasteiger partial charge in [0.15, 0.2) is 0 Å². The number of amides is 2. The average Bonchev–Trinajstić information content (AvgIpc) is 3.17. The number of hydrogen-bond donors (Lipinski definition) is 3. The zero-order chi connectivity index (χ0) is 16.5. The molecule has 0 unspecified atom stereocenters. The molecule has 0 saturated heterocycles. The van der Waals surface area contributed by atoms with E-state index in [9.17, 15) is 9.90 Å². The molecule has 2 amide bonds. The number of nitrogens with one attached hydrogen (secondary N) is 2. The van der Waals surface area contributed by atoms with E-state index in [2.05, 4.69) is 16.7 Å². The standard InChI is InChI=1S/C19H20N2O3/c22-17-8-13-3-1-2-4-16(13)18(17)21-19(23)20-9-12-5-6-14-10-24-11-15(14)7-12/h1-7,17-18,22H,8-11H2,(H2,20,21,23)/t17-,18+/m1/s1. The van der Waals surface area contributed by atoms with Crippen molar-refractivity contribution >= 4 is 6.03 Å². The molecule has 1 aliphatic heterocycles. The van der Waals surface area contributed by atoms with Crippen molar-refractivity contribution in [3.05, 3.63) is 70.3 Å². The van der Waals surface area contributed by atoms with Crippen LogP contribution < -0.4 is 10.6 Å². The normalized spacial score (nSPS) is 21.2. The summed E-state index contributed by atoms with van der Waals surface area (Å²) in [5.41, 5.74) is 5.54. The number of ether oxygens (including phenoxy) is 1. The Hall–Kier alpha value is -2.37. The van der Waals surface area contributed by atoms with Crippen molar-refractivity contribution in [3.8, 4) is 0 Å². The Morgan fingerprint density at radius 1 is 1.12 bits per heavy atom. The predicted octanol–water partition coefficient (Wildman–Crippen LogP) is 2.17. The zero-order valence-corrected chi connectivity index (χ0v) is 13.3. The molecule has 0 bridgehead atoms. The highest BCUT2D eigenvalue weighted by molar-refractivity contribution is 5.74. The number of hydrogen-bond acceptors (Lipinski definition) is 3. The van der Waals surface area contributed by atoms with Crippen molar-refractivity contribution in [1.82, 2.24) is 10.6 Å². The van der Waals surface area contributed by atoms with Crippen LogP contribution in [0.1, 0.15) is 33.9 Å². The lowest BCUT2D eigenvalue weighted by Gasteiger charge is -2.18. The molecular formula is C19H20N2O3. The van der Waals surface area contributed by atoms with E-state index in [4.69, 9.17) is 4.74 Å². The van der Waals surface area contributed by atoms with Crippen LogP contribution in [-0.2, 0) is 30.9 Å². The first kappa shape index (κ1) is 15.2. The Kier molecular flexibility index (Phi) is 3.96. The molecule has 5 heteroatoms. The maximum absolute atomic E-state index is 12.2. The topological polar surface area (TPSA) is 70.6 Å². The van der Waals surface area contributed by atoms with Gasteiger partial charge in [0.25, 0.3) is 0 Å². The molecule has 2 aromatic rings. The number of carbonyl (C=O) groups excluding carboxylic acids is 1. The summed E-state index contributed by atoms with van der Waals surface area (Å²) in [7, 11) is 0. The van der Waals surface area contributed by atoms with E-state index in [1.807, 2.05) is 36.4 Å². The highest BCUT2D eigenvalue weighted by Crippen LogP contribution is 2.31. The second-order valence-electron chi connectivity index (χ2n) is 6.37. The third-order valence-corrected chi connectivity index (χ3v) is 4.73. The van der Waals surface area contributed by atoms with Gasteiger partial charge in [0, 0.05) is 13.0 Å². The Bertz CT molecular complexity index is 775. The maximum atomic E-state index is 12.2. The average molecular weight is 324 g/mol. The second-order valence-corrected chi connectivity index (χ2v) is 6.37. The SMILES string of the molecule is O=C(NCc1ccc2c(c1)COC2)N[C@H]1c2ccccc2C[C@H]1O. The van der Waals surface area contributed by atoms with E-state index < -0.39 is 6.10 Å². The minimum atomic E-state index is -0.578. The highest BCUT2D eigenvalue weighted by Gasteiger charge is 2.31. The zero-order valence-electron chi connectivity index (χ0n) is 13.3. The molecule has 3 N–H and O–H groups in total. The van der Waals surface area contributed by atoms with E-state index in [1.165, 1.54) is 11.1 Å². The fourth-order valence-electron chi connectivity index (χ4n) is 3.46. The molecule has 1 heterocycles. The summed E-state index contributed by atoms with van der Waals surface area (Å²) in [6, 6.07) is 13.3. The molecule has 0 aromatic heterocycles. The second kappa shape index (κ2) is 6.26. The lowest BCUT2D eigenvalue weighted by Crippen LogP contribution is -2.40. The van der Waals surface area contributed by atoms with Gasteiger partial charge >= 0.3 is 6.03 Å². The third-order valence-electron chi connectivity index (χ3n) is 4.73. The molecule has 0 fully saturated rings. The smallest absolute Gasteiger partial charge is 0.315 e. The Balaban J connectivity index is 1.37. The summed E-state index contributed by atoms with van der Waals surface area (Å²) < 4.78 is 5.40. The number of rotatable bonds is 3. The van der Waals surface area contributed by atoms with Gasteiger partial charge in [-0.15, -0.1) is 0 Å². The van der Waals surface area contributed by atoms with Crippen LogP contribution in [0.2, 0.25) is 0 Å². The number of aliphatic hydroxyl groups excluding tert-OH is 1. The van der Waals surface area contributed by atoms with Crippen molar-refractivity contribution in [2.24, 2.45) is 0 Å². The fraction of sp³-hybridized carbons (Fsp3) is 0.316. The summed E-state index contributed by atoms with van der Waals surface area (Å²) in [6.07, 6.45) is -0.00309. The van der Waals surface area contributed by atoms with E-state index in [1.54, 1.807) is 0 Å². The van der Waals surface area contributed by atoms with Crippen molar-refractivity contribution < 1.29 is 14.6 Å². The Morgan fingerprint density at radius 2 is 1.96 bits per heavy atom. The van der Waals surface area contributed by atoms with Crippen LogP contribution in [0.3, 0.4) is 0 Å².